The molecule has 1 fully saturated rings. The van der Waals surface area contributed by atoms with Crippen molar-refractivity contribution in [3.05, 3.63) is 11.1 Å². The van der Waals surface area contributed by atoms with Crippen molar-refractivity contribution in [2.24, 2.45) is 0 Å². The monoisotopic (exact) mass is 299 g/mol. The zero-order chi connectivity index (χ0) is 14.6. The van der Waals surface area contributed by atoms with Gasteiger partial charge in [0.2, 0.25) is 0 Å². The van der Waals surface area contributed by atoms with E-state index in [4.69, 9.17) is 9.47 Å². The van der Waals surface area contributed by atoms with Crippen molar-refractivity contribution in [3.63, 3.8) is 0 Å². The Kier molecular flexibility index (Phi) is 4.95. The number of hydrogen-bond donors (Lipinski definition) is 1. The van der Waals surface area contributed by atoms with Gasteiger partial charge >= 0.3 is 6.09 Å². The van der Waals surface area contributed by atoms with E-state index >= 15 is 0 Å². The summed E-state index contributed by atoms with van der Waals surface area (Å²) in [6.45, 7) is 9.77. The van der Waals surface area contributed by atoms with Crippen LogP contribution in [0, 0.1) is 0 Å². The fraction of sp³-hybridized carbons (Fsp3) is 0.692. The number of anilines is 1. The normalized spacial score (nSPS) is 16.9. The fourth-order valence-electron chi connectivity index (χ4n) is 1.81. The molecule has 1 aromatic heterocycles. The lowest BCUT2D eigenvalue weighted by Gasteiger charge is -2.25. The molecule has 2 rings (SSSR count). The summed E-state index contributed by atoms with van der Waals surface area (Å²) >= 11 is 1.48. The van der Waals surface area contributed by atoms with Crippen LogP contribution < -0.4 is 5.32 Å². The van der Waals surface area contributed by atoms with E-state index in [1.54, 1.807) is 6.20 Å². The summed E-state index contributed by atoms with van der Waals surface area (Å²) in [7, 11) is 0. The highest BCUT2D eigenvalue weighted by molar-refractivity contribution is 7.15. The lowest BCUT2D eigenvalue weighted by Crippen LogP contribution is -2.35. The quantitative estimate of drug-likeness (QED) is 0.928. The maximum absolute atomic E-state index is 11.6. The Morgan fingerprint density at radius 2 is 2.20 bits per heavy atom. The van der Waals surface area contributed by atoms with E-state index < -0.39 is 11.7 Å². The average molecular weight is 299 g/mol. The summed E-state index contributed by atoms with van der Waals surface area (Å²) in [5.74, 6) is 0. The predicted octanol–water partition coefficient (Wildman–Crippen LogP) is 2.32. The Morgan fingerprint density at radius 1 is 1.50 bits per heavy atom. The van der Waals surface area contributed by atoms with Gasteiger partial charge < -0.3 is 9.47 Å². The number of rotatable bonds is 3. The summed E-state index contributed by atoms with van der Waals surface area (Å²) < 4.78 is 10.5. The van der Waals surface area contributed by atoms with Gasteiger partial charge in [-0.2, -0.15) is 0 Å². The summed E-state index contributed by atoms with van der Waals surface area (Å²) in [6, 6.07) is 0. The van der Waals surface area contributed by atoms with E-state index in [1.807, 2.05) is 20.8 Å². The summed E-state index contributed by atoms with van der Waals surface area (Å²) in [5, 5.41) is 3.23. The fourth-order valence-corrected chi connectivity index (χ4v) is 2.65. The van der Waals surface area contributed by atoms with Gasteiger partial charge in [-0.15, -0.1) is 11.3 Å². The summed E-state index contributed by atoms with van der Waals surface area (Å²) in [5.41, 5.74) is -0.502. The van der Waals surface area contributed by atoms with Crippen LogP contribution in [0.5, 0.6) is 0 Å². The zero-order valence-electron chi connectivity index (χ0n) is 12.1. The van der Waals surface area contributed by atoms with Crippen molar-refractivity contribution in [1.29, 1.82) is 0 Å². The van der Waals surface area contributed by atoms with Crippen molar-refractivity contribution < 1.29 is 14.3 Å². The third-order valence-electron chi connectivity index (χ3n) is 2.64. The molecule has 0 spiro atoms. The first-order valence-corrected chi connectivity index (χ1v) is 7.49. The van der Waals surface area contributed by atoms with Crippen LogP contribution >= 0.6 is 11.3 Å². The molecule has 1 aliphatic heterocycles. The number of morpholine rings is 1. The number of amides is 1. The molecule has 6 nitrogen and oxygen atoms in total. The molecule has 0 aromatic carbocycles. The van der Waals surface area contributed by atoms with Crippen LogP contribution in [0.25, 0.3) is 0 Å². The number of ether oxygens (including phenoxy) is 2. The predicted molar refractivity (Wildman–Crippen MR) is 78.1 cm³/mol. The summed E-state index contributed by atoms with van der Waals surface area (Å²) in [4.78, 5) is 19.3. The largest absolute Gasteiger partial charge is 0.444 e. The van der Waals surface area contributed by atoms with E-state index in [0.29, 0.717) is 5.13 Å². The molecule has 7 heteroatoms. The molecule has 0 unspecified atom stereocenters. The van der Waals surface area contributed by atoms with E-state index in [1.165, 1.54) is 11.3 Å². The lowest BCUT2D eigenvalue weighted by atomic mass is 10.2. The molecule has 20 heavy (non-hydrogen) atoms. The van der Waals surface area contributed by atoms with Gasteiger partial charge in [0.1, 0.15) is 5.60 Å². The van der Waals surface area contributed by atoms with Gasteiger partial charge in [-0.3, -0.25) is 10.2 Å². The Morgan fingerprint density at radius 3 is 2.85 bits per heavy atom. The van der Waals surface area contributed by atoms with Crippen LogP contribution in [-0.4, -0.2) is 47.9 Å². The molecule has 1 aromatic rings. The van der Waals surface area contributed by atoms with E-state index in [2.05, 4.69) is 15.2 Å². The van der Waals surface area contributed by atoms with Crippen LogP contribution in [0.15, 0.2) is 6.20 Å². The maximum atomic E-state index is 11.6. The highest BCUT2D eigenvalue weighted by atomic mass is 32.1. The number of aromatic nitrogens is 1. The number of carbonyl (C=O) groups is 1. The molecule has 1 saturated heterocycles. The van der Waals surface area contributed by atoms with Gasteiger partial charge in [0.25, 0.3) is 0 Å². The van der Waals surface area contributed by atoms with E-state index in [0.717, 1.165) is 37.7 Å². The van der Waals surface area contributed by atoms with Gasteiger partial charge in [-0.05, 0) is 20.8 Å². The molecule has 0 radical (unpaired) electrons. The average Bonchev–Trinajstić information content (AvgIpc) is 2.75. The molecule has 2 heterocycles. The molecule has 0 aliphatic carbocycles. The maximum Gasteiger partial charge on any atom is 0.413 e. The first kappa shape index (κ1) is 15.2. The van der Waals surface area contributed by atoms with Gasteiger partial charge in [0.05, 0.1) is 13.2 Å². The molecular formula is C13H21N3O3S. The Hall–Kier alpha value is -1.18. The molecular weight excluding hydrogens is 278 g/mol. The molecule has 0 bridgehead atoms. The van der Waals surface area contributed by atoms with Crippen LogP contribution in [0.4, 0.5) is 9.93 Å². The van der Waals surface area contributed by atoms with Gasteiger partial charge in [-0.1, -0.05) is 0 Å². The molecule has 1 amide bonds. The van der Waals surface area contributed by atoms with Crippen molar-refractivity contribution in [2.45, 2.75) is 32.9 Å². The topological polar surface area (TPSA) is 63.7 Å². The van der Waals surface area contributed by atoms with Crippen molar-refractivity contribution >= 4 is 22.6 Å². The second-order valence-electron chi connectivity index (χ2n) is 5.65. The molecule has 1 N–H and O–H groups in total. The SMILES string of the molecule is CC(C)(C)OC(=O)Nc1ncc(CN2CCOCC2)s1. The molecule has 0 atom stereocenters. The lowest BCUT2D eigenvalue weighted by molar-refractivity contribution is 0.0346. The Labute approximate surface area is 123 Å². The van der Waals surface area contributed by atoms with Gasteiger partial charge in [-0.25, -0.2) is 9.78 Å². The number of nitrogens with zero attached hydrogens (tertiary/aromatic N) is 2. The number of hydrogen-bond acceptors (Lipinski definition) is 6. The third-order valence-corrected chi connectivity index (χ3v) is 3.54. The smallest absolute Gasteiger partial charge is 0.413 e. The first-order chi connectivity index (χ1) is 9.42. The number of carbonyl (C=O) groups excluding carboxylic acids is 1. The second-order valence-corrected chi connectivity index (χ2v) is 6.76. The second kappa shape index (κ2) is 6.51. The minimum atomic E-state index is -0.502. The standard InChI is InChI=1S/C13H21N3O3S/c1-13(2,3)19-12(17)15-11-14-8-10(20-11)9-16-4-6-18-7-5-16/h8H,4-7,9H2,1-3H3,(H,14,15,17). The minimum Gasteiger partial charge on any atom is -0.444 e. The highest BCUT2D eigenvalue weighted by Crippen LogP contribution is 2.21. The summed E-state index contributed by atoms with van der Waals surface area (Å²) in [6.07, 6.45) is 1.33. The van der Waals surface area contributed by atoms with Crippen molar-refractivity contribution in [3.8, 4) is 0 Å². The van der Waals surface area contributed by atoms with E-state index in [-0.39, 0.29) is 0 Å². The Bertz CT molecular complexity index is 450. The molecule has 112 valence electrons. The highest BCUT2D eigenvalue weighted by Gasteiger charge is 2.18. The van der Waals surface area contributed by atoms with Crippen LogP contribution in [0.2, 0.25) is 0 Å². The zero-order valence-corrected chi connectivity index (χ0v) is 13.0. The van der Waals surface area contributed by atoms with Crippen LogP contribution in [0.3, 0.4) is 0 Å². The minimum absolute atomic E-state index is 0.468. The van der Waals surface area contributed by atoms with Crippen molar-refractivity contribution in [1.82, 2.24) is 9.88 Å². The van der Waals surface area contributed by atoms with Crippen LogP contribution in [0.1, 0.15) is 25.6 Å². The van der Waals surface area contributed by atoms with Crippen molar-refractivity contribution in [2.75, 3.05) is 31.6 Å². The third kappa shape index (κ3) is 5.07. The van der Waals surface area contributed by atoms with Gasteiger partial charge in [0, 0.05) is 30.7 Å². The van der Waals surface area contributed by atoms with Gasteiger partial charge in [0.15, 0.2) is 5.13 Å². The Balaban J connectivity index is 1.84. The molecule has 0 saturated carbocycles. The number of nitrogens with one attached hydrogen (secondary N) is 1. The number of thiazole rings is 1. The van der Waals surface area contributed by atoms with E-state index in [9.17, 15) is 4.79 Å². The van der Waals surface area contributed by atoms with Crippen LogP contribution in [-0.2, 0) is 16.0 Å². The first-order valence-electron chi connectivity index (χ1n) is 6.67. The molecule has 1 aliphatic rings.